The minimum Gasteiger partial charge on any atom is -0.486 e. The number of rotatable bonds is 6. The number of carbonyl (C=O) groups is 1. The maximum atomic E-state index is 12.4. The monoisotopic (exact) mass is 352 g/mol. The van der Waals surface area contributed by atoms with Gasteiger partial charge in [0.1, 0.15) is 12.4 Å². The third-order valence-electron chi connectivity index (χ3n) is 4.07. The van der Waals surface area contributed by atoms with E-state index >= 15 is 0 Å². The minimum absolute atomic E-state index is 0.0656. The molecule has 0 spiro atoms. The number of fused-ring (bicyclic) bond motifs is 1. The summed E-state index contributed by atoms with van der Waals surface area (Å²) in [4.78, 5) is 14.1. The van der Waals surface area contributed by atoms with Gasteiger partial charge in [-0.05, 0) is 43.3 Å². The van der Waals surface area contributed by atoms with E-state index in [2.05, 4.69) is 0 Å². The summed E-state index contributed by atoms with van der Waals surface area (Å²) < 4.78 is 17.1. The highest BCUT2D eigenvalue weighted by atomic mass is 16.6. The lowest BCUT2D eigenvalue weighted by Crippen LogP contribution is -2.45. The minimum atomic E-state index is -0.219. The van der Waals surface area contributed by atoms with Crippen molar-refractivity contribution < 1.29 is 19.0 Å². The molecule has 0 saturated heterocycles. The molecule has 2 aromatic carbocycles. The maximum Gasteiger partial charge on any atom is 0.260 e. The molecule has 3 rings (SSSR count). The lowest BCUT2D eigenvalue weighted by molar-refractivity contribution is -0.134. The van der Waals surface area contributed by atoms with Gasteiger partial charge < -0.3 is 19.1 Å². The van der Waals surface area contributed by atoms with E-state index in [9.17, 15) is 4.79 Å². The number of nitriles is 1. The average molecular weight is 352 g/mol. The molecular formula is C20H20N2O4. The number of hydrogen-bond donors (Lipinski definition) is 0. The summed E-state index contributed by atoms with van der Waals surface area (Å²) in [7, 11) is 0. The highest BCUT2D eigenvalue weighted by Gasteiger charge is 2.24. The Kier molecular flexibility index (Phi) is 5.59. The number of amides is 1. The van der Waals surface area contributed by atoms with Gasteiger partial charge in [-0.25, -0.2) is 0 Å². The van der Waals surface area contributed by atoms with E-state index in [4.69, 9.17) is 19.5 Å². The molecule has 1 aliphatic heterocycles. The van der Waals surface area contributed by atoms with Crippen molar-refractivity contribution >= 4 is 5.91 Å². The van der Waals surface area contributed by atoms with Gasteiger partial charge in [0.05, 0.1) is 18.2 Å². The highest BCUT2D eigenvalue weighted by molar-refractivity contribution is 5.77. The van der Waals surface area contributed by atoms with E-state index in [1.807, 2.05) is 37.3 Å². The molecule has 1 aliphatic rings. The zero-order valence-electron chi connectivity index (χ0n) is 14.6. The molecule has 0 aromatic heterocycles. The summed E-state index contributed by atoms with van der Waals surface area (Å²) in [5.41, 5.74) is 0.550. The number of hydrogen-bond acceptors (Lipinski definition) is 5. The van der Waals surface area contributed by atoms with Crippen molar-refractivity contribution in [1.82, 2.24) is 4.90 Å². The fourth-order valence-corrected chi connectivity index (χ4v) is 2.67. The van der Waals surface area contributed by atoms with Crippen LogP contribution in [0, 0.1) is 11.3 Å². The van der Waals surface area contributed by atoms with Crippen molar-refractivity contribution in [2.75, 3.05) is 26.3 Å². The number of likely N-dealkylation sites (N-methyl/N-ethyl adjacent to an activating group) is 1. The Bertz CT molecular complexity index is 798. The van der Waals surface area contributed by atoms with Crippen molar-refractivity contribution in [3.05, 3.63) is 54.1 Å². The van der Waals surface area contributed by atoms with Crippen LogP contribution in [0.5, 0.6) is 17.2 Å². The van der Waals surface area contributed by atoms with Crippen LogP contribution in [-0.4, -0.2) is 43.2 Å². The number of carbonyl (C=O) groups excluding carboxylic acids is 1. The molecule has 0 radical (unpaired) electrons. The van der Waals surface area contributed by atoms with E-state index in [1.165, 1.54) is 0 Å². The molecule has 1 atom stereocenters. The summed E-state index contributed by atoms with van der Waals surface area (Å²) in [6.45, 7) is 3.23. The average Bonchev–Trinajstić information content (AvgIpc) is 2.70. The van der Waals surface area contributed by atoms with Crippen LogP contribution in [-0.2, 0) is 4.79 Å². The van der Waals surface area contributed by atoms with Gasteiger partial charge in [0.25, 0.3) is 5.91 Å². The molecule has 0 bridgehead atoms. The third kappa shape index (κ3) is 4.25. The van der Waals surface area contributed by atoms with E-state index in [0.29, 0.717) is 36.8 Å². The molecule has 0 unspecified atom stereocenters. The number of ether oxygens (including phenoxy) is 3. The van der Waals surface area contributed by atoms with Gasteiger partial charge in [-0.15, -0.1) is 0 Å². The fraction of sp³-hybridized carbons (Fsp3) is 0.300. The Morgan fingerprint density at radius 3 is 2.65 bits per heavy atom. The van der Waals surface area contributed by atoms with Crippen LogP contribution in [0.1, 0.15) is 12.5 Å². The van der Waals surface area contributed by atoms with Gasteiger partial charge in [-0.3, -0.25) is 4.79 Å². The van der Waals surface area contributed by atoms with E-state index in [1.54, 1.807) is 29.2 Å². The van der Waals surface area contributed by atoms with Crippen LogP contribution < -0.4 is 14.2 Å². The Balaban J connectivity index is 1.53. The largest absolute Gasteiger partial charge is 0.486 e. The van der Waals surface area contributed by atoms with E-state index in [0.717, 1.165) is 5.75 Å². The van der Waals surface area contributed by atoms with Crippen molar-refractivity contribution in [3.63, 3.8) is 0 Å². The molecule has 2 aromatic rings. The molecule has 26 heavy (non-hydrogen) atoms. The maximum absolute atomic E-state index is 12.4. The normalized spacial score (nSPS) is 15.0. The Morgan fingerprint density at radius 2 is 1.96 bits per heavy atom. The quantitative estimate of drug-likeness (QED) is 0.799. The molecule has 134 valence electrons. The van der Waals surface area contributed by atoms with Crippen molar-refractivity contribution in [3.8, 4) is 23.3 Å². The van der Waals surface area contributed by atoms with Gasteiger partial charge in [0.15, 0.2) is 24.2 Å². The van der Waals surface area contributed by atoms with Crippen molar-refractivity contribution in [2.24, 2.45) is 0 Å². The van der Waals surface area contributed by atoms with Gasteiger partial charge >= 0.3 is 0 Å². The Labute approximate surface area is 152 Å². The lowest BCUT2D eigenvalue weighted by Gasteiger charge is -2.30. The Hall–Kier alpha value is -3.20. The molecule has 0 saturated carbocycles. The molecule has 6 heteroatoms. The molecule has 0 N–H and O–H groups in total. The zero-order chi connectivity index (χ0) is 18.4. The molecule has 1 heterocycles. The summed E-state index contributed by atoms with van der Waals surface area (Å²) in [5.74, 6) is 1.85. The van der Waals surface area contributed by atoms with E-state index in [-0.39, 0.29) is 18.6 Å². The number of nitrogens with zero attached hydrogens (tertiary/aromatic N) is 2. The second-order valence-electron chi connectivity index (χ2n) is 5.85. The molecule has 1 amide bonds. The number of benzene rings is 2. The smallest absolute Gasteiger partial charge is 0.260 e. The SMILES string of the molecule is CCN(C[C@H]1COc2ccccc2O1)C(=O)COc1ccc(C#N)cc1. The highest BCUT2D eigenvalue weighted by Crippen LogP contribution is 2.31. The molecule has 0 fully saturated rings. The summed E-state index contributed by atoms with van der Waals surface area (Å²) in [5, 5.41) is 8.79. The Morgan fingerprint density at radius 1 is 1.23 bits per heavy atom. The van der Waals surface area contributed by atoms with Crippen molar-refractivity contribution in [2.45, 2.75) is 13.0 Å². The first kappa shape index (κ1) is 17.6. The second-order valence-corrected chi connectivity index (χ2v) is 5.85. The van der Waals surface area contributed by atoms with E-state index < -0.39 is 0 Å². The van der Waals surface area contributed by atoms with Gasteiger partial charge in [0, 0.05) is 6.54 Å². The lowest BCUT2D eigenvalue weighted by atomic mass is 10.2. The van der Waals surface area contributed by atoms with Crippen LogP contribution in [0.15, 0.2) is 48.5 Å². The number of para-hydroxylation sites is 2. The standard InChI is InChI=1S/C20H20N2O4/c1-2-22(12-17-13-25-18-5-3-4-6-19(18)26-17)20(23)14-24-16-9-7-15(11-21)8-10-16/h3-10,17H,2,12-14H2,1H3/t17-/m0/s1. The van der Waals surface area contributed by atoms with Crippen LogP contribution in [0.25, 0.3) is 0 Å². The first-order valence-electron chi connectivity index (χ1n) is 8.49. The van der Waals surface area contributed by atoms with Crippen LogP contribution in [0.4, 0.5) is 0 Å². The van der Waals surface area contributed by atoms with Crippen LogP contribution in [0.3, 0.4) is 0 Å². The predicted molar refractivity (Wildman–Crippen MR) is 95.3 cm³/mol. The van der Waals surface area contributed by atoms with Crippen LogP contribution in [0.2, 0.25) is 0 Å². The third-order valence-corrected chi connectivity index (χ3v) is 4.07. The fourth-order valence-electron chi connectivity index (χ4n) is 2.67. The van der Waals surface area contributed by atoms with Gasteiger partial charge in [0.2, 0.25) is 0 Å². The molecule has 0 aliphatic carbocycles. The van der Waals surface area contributed by atoms with Crippen LogP contribution >= 0.6 is 0 Å². The first-order valence-corrected chi connectivity index (χ1v) is 8.49. The van der Waals surface area contributed by atoms with Gasteiger partial charge in [-0.1, -0.05) is 12.1 Å². The second kappa shape index (κ2) is 8.26. The summed E-state index contributed by atoms with van der Waals surface area (Å²) >= 11 is 0. The molecular weight excluding hydrogens is 332 g/mol. The summed E-state index contributed by atoms with van der Waals surface area (Å²) in [6.07, 6.45) is -0.219. The van der Waals surface area contributed by atoms with Gasteiger partial charge in [-0.2, -0.15) is 5.26 Å². The van der Waals surface area contributed by atoms with Crippen molar-refractivity contribution in [1.29, 1.82) is 5.26 Å². The molecule has 6 nitrogen and oxygen atoms in total. The first-order chi connectivity index (χ1) is 12.7. The topological polar surface area (TPSA) is 71.8 Å². The summed E-state index contributed by atoms with van der Waals surface area (Å²) in [6, 6.07) is 16.2. The zero-order valence-corrected chi connectivity index (χ0v) is 14.6. The predicted octanol–water partition coefficient (Wildman–Crippen LogP) is 2.63.